The third kappa shape index (κ3) is 3.04. The van der Waals surface area contributed by atoms with E-state index in [0.717, 1.165) is 23.1 Å². The van der Waals surface area contributed by atoms with Gasteiger partial charge in [0.1, 0.15) is 0 Å². The number of nitrogens with two attached hydrogens (primary N) is 1. The van der Waals surface area contributed by atoms with Crippen LogP contribution < -0.4 is 10.6 Å². The van der Waals surface area contributed by atoms with E-state index in [1.165, 1.54) is 0 Å². The highest BCUT2D eigenvalue weighted by atomic mass is 19.3. The zero-order chi connectivity index (χ0) is 16.4. The van der Waals surface area contributed by atoms with Gasteiger partial charge in [0.25, 0.3) is 5.92 Å². The molecule has 0 unspecified atom stereocenters. The Bertz CT molecular complexity index is 728. The summed E-state index contributed by atoms with van der Waals surface area (Å²) in [4.78, 5) is 5.80. The summed E-state index contributed by atoms with van der Waals surface area (Å²) >= 11 is 0. The molecule has 1 aromatic heterocycles. The zero-order valence-corrected chi connectivity index (χ0v) is 12.8. The topological polar surface area (TPSA) is 42.2 Å². The number of halogens is 2. The minimum atomic E-state index is -2.68. The minimum Gasteiger partial charge on any atom is -0.395 e. The fraction of sp³-hybridized carbons (Fsp3) is 0.278. The molecule has 5 heteroatoms. The first-order chi connectivity index (χ1) is 11.0. The number of nitrogen functional groups attached to an aromatic ring is 1. The molecular weight excluding hydrogens is 296 g/mol. The first kappa shape index (κ1) is 15.5. The number of hydrogen-bond donors (Lipinski definition) is 1. The lowest BCUT2D eigenvalue weighted by Crippen LogP contribution is -2.26. The van der Waals surface area contributed by atoms with Crippen LogP contribution in [0.15, 0.2) is 49.2 Å². The largest absolute Gasteiger partial charge is 0.395 e. The fourth-order valence-electron chi connectivity index (χ4n) is 2.98. The van der Waals surface area contributed by atoms with E-state index in [9.17, 15) is 8.78 Å². The summed E-state index contributed by atoms with van der Waals surface area (Å²) in [7, 11) is 0. The standard InChI is InChI=1S/C18H19F2N3/c1-2-5-13-6-3-4-7-14(13)15-8-10-22-17(16(15)21)23-11-9-18(19,20)12-23/h2-4,6-8,10H,1,5,9,11-12,21H2. The Morgan fingerprint density at radius 3 is 2.74 bits per heavy atom. The van der Waals surface area contributed by atoms with E-state index in [4.69, 9.17) is 5.73 Å². The van der Waals surface area contributed by atoms with Crippen LogP contribution in [0.2, 0.25) is 0 Å². The second-order valence-corrected chi connectivity index (χ2v) is 5.77. The highest BCUT2D eigenvalue weighted by molar-refractivity contribution is 5.85. The summed E-state index contributed by atoms with van der Waals surface area (Å²) in [5.41, 5.74) is 9.62. The van der Waals surface area contributed by atoms with Crippen molar-refractivity contribution in [1.82, 2.24) is 4.98 Å². The van der Waals surface area contributed by atoms with Crippen LogP contribution in [0.5, 0.6) is 0 Å². The van der Waals surface area contributed by atoms with Crippen molar-refractivity contribution in [3.8, 4) is 11.1 Å². The molecule has 1 fully saturated rings. The summed E-state index contributed by atoms with van der Waals surface area (Å²) in [6, 6.07) is 9.72. The van der Waals surface area contributed by atoms with E-state index in [-0.39, 0.29) is 19.5 Å². The summed E-state index contributed by atoms with van der Waals surface area (Å²) in [6.07, 6.45) is 4.01. The molecule has 0 saturated carbocycles. The molecule has 1 aromatic carbocycles. The van der Waals surface area contributed by atoms with Crippen LogP contribution in [0, 0.1) is 0 Å². The summed E-state index contributed by atoms with van der Waals surface area (Å²) < 4.78 is 27.0. The Morgan fingerprint density at radius 1 is 1.26 bits per heavy atom. The lowest BCUT2D eigenvalue weighted by Gasteiger charge is -2.21. The van der Waals surface area contributed by atoms with Crippen molar-refractivity contribution in [3.63, 3.8) is 0 Å². The lowest BCUT2D eigenvalue weighted by atomic mass is 9.97. The van der Waals surface area contributed by atoms with Crippen LogP contribution in [0.25, 0.3) is 11.1 Å². The van der Waals surface area contributed by atoms with E-state index in [1.54, 1.807) is 11.1 Å². The molecule has 2 heterocycles. The highest BCUT2D eigenvalue weighted by Crippen LogP contribution is 2.37. The van der Waals surface area contributed by atoms with E-state index in [1.807, 2.05) is 36.4 Å². The molecular formula is C18H19F2N3. The number of allylic oxidation sites excluding steroid dienone is 1. The summed E-state index contributed by atoms with van der Waals surface area (Å²) in [5.74, 6) is -2.24. The van der Waals surface area contributed by atoms with Crippen LogP contribution in [0.1, 0.15) is 12.0 Å². The van der Waals surface area contributed by atoms with E-state index >= 15 is 0 Å². The molecule has 2 aromatic rings. The van der Waals surface area contributed by atoms with Gasteiger partial charge in [-0.2, -0.15) is 0 Å². The summed E-state index contributed by atoms with van der Waals surface area (Å²) in [6.45, 7) is 3.71. The van der Waals surface area contributed by atoms with Crippen molar-refractivity contribution in [3.05, 3.63) is 54.7 Å². The Morgan fingerprint density at radius 2 is 2.04 bits per heavy atom. The molecule has 120 valence electrons. The third-order valence-electron chi connectivity index (χ3n) is 4.11. The van der Waals surface area contributed by atoms with Crippen LogP contribution in [0.3, 0.4) is 0 Å². The van der Waals surface area contributed by atoms with Crippen molar-refractivity contribution >= 4 is 11.5 Å². The molecule has 3 nitrogen and oxygen atoms in total. The number of nitrogens with zero attached hydrogens (tertiary/aromatic N) is 2. The van der Waals surface area contributed by atoms with Crippen molar-refractivity contribution in [2.75, 3.05) is 23.7 Å². The predicted molar refractivity (Wildman–Crippen MR) is 89.8 cm³/mol. The Hall–Kier alpha value is -2.43. The number of hydrogen-bond acceptors (Lipinski definition) is 3. The van der Waals surface area contributed by atoms with Crippen LogP contribution in [-0.2, 0) is 6.42 Å². The Kier molecular flexibility index (Phi) is 4.03. The highest BCUT2D eigenvalue weighted by Gasteiger charge is 2.39. The molecule has 1 aliphatic rings. The second-order valence-electron chi connectivity index (χ2n) is 5.77. The molecule has 1 saturated heterocycles. The maximum atomic E-state index is 13.5. The molecule has 2 N–H and O–H groups in total. The molecule has 23 heavy (non-hydrogen) atoms. The van der Waals surface area contributed by atoms with Crippen molar-refractivity contribution in [1.29, 1.82) is 0 Å². The number of anilines is 2. The minimum absolute atomic E-state index is 0.161. The SMILES string of the molecule is C=CCc1ccccc1-c1ccnc(N2CCC(F)(F)C2)c1N. The van der Waals surface area contributed by atoms with Crippen molar-refractivity contribution in [2.24, 2.45) is 0 Å². The fourth-order valence-corrected chi connectivity index (χ4v) is 2.98. The Balaban J connectivity index is 2.03. The van der Waals surface area contributed by atoms with Gasteiger partial charge in [-0.25, -0.2) is 13.8 Å². The summed E-state index contributed by atoms with van der Waals surface area (Å²) in [5, 5.41) is 0. The van der Waals surface area contributed by atoms with Gasteiger partial charge >= 0.3 is 0 Å². The van der Waals surface area contributed by atoms with Gasteiger partial charge in [0.2, 0.25) is 0 Å². The number of aromatic nitrogens is 1. The Labute approximate surface area is 134 Å². The van der Waals surface area contributed by atoms with Gasteiger partial charge in [0.15, 0.2) is 5.82 Å². The monoisotopic (exact) mass is 315 g/mol. The number of alkyl halides is 2. The molecule has 1 aliphatic heterocycles. The maximum absolute atomic E-state index is 13.5. The van der Waals surface area contributed by atoms with Gasteiger partial charge < -0.3 is 10.6 Å². The van der Waals surface area contributed by atoms with Gasteiger partial charge in [-0.05, 0) is 23.6 Å². The molecule has 3 rings (SSSR count). The average Bonchev–Trinajstić information content (AvgIpc) is 2.89. The second kappa shape index (κ2) is 5.99. The van der Waals surface area contributed by atoms with Crippen LogP contribution in [-0.4, -0.2) is 24.0 Å². The maximum Gasteiger partial charge on any atom is 0.266 e. The van der Waals surface area contributed by atoms with E-state index in [2.05, 4.69) is 11.6 Å². The molecule has 0 radical (unpaired) electrons. The van der Waals surface area contributed by atoms with E-state index < -0.39 is 5.92 Å². The zero-order valence-electron chi connectivity index (χ0n) is 12.8. The number of pyridine rings is 1. The van der Waals surface area contributed by atoms with Gasteiger partial charge in [-0.1, -0.05) is 30.3 Å². The molecule has 0 aliphatic carbocycles. The first-order valence-corrected chi connectivity index (χ1v) is 7.58. The van der Waals surface area contributed by atoms with Gasteiger partial charge in [0, 0.05) is 24.7 Å². The van der Waals surface area contributed by atoms with Crippen molar-refractivity contribution in [2.45, 2.75) is 18.8 Å². The molecule has 0 atom stereocenters. The third-order valence-corrected chi connectivity index (χ3v) is 4.11. The van der Waals surface area contributed by atoms with Gasteiger partial charge in [-0.3, -0.25) is 0 Å². The van der Waals surface area contributed by atoms with Gasteiger partial charge in [0.05, 0.1) is 12.2 Å². The normalized spacial score (nSPS) is 16.5. The van der Waals surface area contributed by atoms with Crippen LogP contribution >= 0.6 is 0 Å². The average molecular weight is 315 g/mol. The molecule has 0 spiro atoms. The first-order valence-electron chi connectivity index (χ1n) is 7.58. The lowest BCUT2D eigenvalue weighted by molar-refractivity contribution is 0.0257. The van der Waals surface area contributed by atoms with Gasteiger partial charge in [-0.15, -0.1) is 6.58 Å². The number of rotatable bonds is 4. The molecule has 0 amide bonds. The smallest absolute Gasteiger partial charge is 0.266 e. The van der Waals surface area contributed by atoms with Crippen molar-refractivity contribution < 1.29 is 8.78 Å². The van der Waals surface area contributed by atoms with Crippen LogP contribution in [0.4, 0.5) is 20.3 Å². The number of benzene rings is 1. The van der Waals surface area contributed by atoms with E-state index in [0.29, 0.717) is 11.5 Å². The predicted octanol–water partition coefficient (Wildman–Crippen LogP) is 3.90. The quantitative estimate of drug-likeness (QED) is 0.870. The molecule has 0 bridgehead atoms.